The topological polar surface area (TPSA) is 75.6 Å². The number of hydrogen-bond acceptors (Lipinski definition) is 3. The molecule has 0 aliphatic heterocycles. The molecule has 5 nitrogen and oxygen atoms in total. The van der Waals surface area contributed by atoms with Gasteiger partial charge in [-0.25, -0.2) is 4.79 Å². The number of anilines is 1. The van der Waals surface area contributed by atoms with E-state index < -0.39 is 12.1 Å². The lowest BCUT2D eigenvalue weighted by Crippen LogP contribution is -2.29. The number of methoxy groups -OCH3 is 1. The summed E-state index contributed by atoms with van der Waals surface area (Å²) in [4.78, 5) is 23.0. The largest absolute Gasteiger partial charge is 0.478 e. The molecule has 0 aliphatic carbocycles. The quantitative estimate of drug-likeness (QED) is 0.857. The molecule has 0 radical (unpaired) electrons. The zero-order chi connectivity index (χ0) is 14.6. The molecule has 1 aromatic rings. The number of carboxylic acid groups (broad SMARTS) is 1. The zero-order valence-electron chi connectivity index (χ0n) is 11.6. The molecule has 5 heteroatoms. The van der Waals surface area contributed by atoms with Gasteiger partial charge in [-0.3, -0.25) is 4.79 Å². The zero-order valence-corrected chi connectivity index (χ0v) is 11.6. The van der Waals surface area contributed by atoms with Gasteiger partial charge in [0.2, 0.25) is 0 Å². The van der Waals surface area contributed by atoms with Crippen molar-refractivity contribution in [3.05, 3.63) is 28.8 Å². The first kappa shape index (κ1) is 15.2. The Hall–Kier alpha value is -1.88. The third kappa shape index (κ3) is 3.54. The normalized spacial score (nSPS) is 12.0. The Balaban J connectivity index is 3.04. The Kier molecular flexibility index (Phi) is 5.06. The maximum absolute atomic E-state index is 11.9. The van der Waals surface area contributed by atoms with Gasteiger partial charge in [0.25, 0.3) is 5.91 Å². The first-order valence-corrected chi connectivity index (χ1v) is 6.08. The number of carbonyl (C=O) groups is 2. The fraction of sp³-hybridized carbons (Fsp3) is 0.429. The number of aromatic carboxylic acids is 1. The first-order valence-electron chi connectivity index (χ1n) is 6.08. The molecule has 1 atom stereocenters. The van der Waals surface area contributed by atoms with E-state index in [0.717, 1.165) is 5.56 Å². The molecule has 1 aromatic carbocycles. The Labute approximate surface area is 112 Å². The average Bonchev–Trinajstić information content (AvgIpc) is 2.33. The van der Waals surface area contributed by atoms with Crippen molar-refractivity contribution in [2.75, 3.05) is 12.4 Å². The van der Waals surface area contributed by atoms with Crippen LogP contribution in [0.5, 0.6) is 0 Å². The Bertz CT molecular complexity index is 492. The van der Waals surface area contributed by atoms with Crippen LogP contribution in [-0.2, 0) is 9.53 Å². The smallest absolute Gasteiger partial charge is 0.336 e. The summed E-state index contributed by atoms with van der Waals surface area (Å²) in [6.45, 7) is 5.40. The van der Waals surface area contributed by atoms with Crippen LogP contribution in [0.3, 0.4) is 0 Å². The van der Waals surface area contributed by atoms with Crippen molar-refractivity contribution in [3.63, 3.8) is 0 Å². The fourth-order valence-electron chi connectivity index (χ4n) is 1.89. The summed E-state index contributed by atoms with van der Waals surface area (Å²) < 4.78 is 5.05. The van der Waals surface area contributed by atoms with Crippen molar-refractivity contribution in [1.29, 1.82) is 0 Å². The molecule has 1 unspecified atom stereocenters. The standard InChI is InChI=1S/C14H19NO4/c1-5-12(19-4)13(16)15-11-7-10(14(17)18)8(2)6-9(11)3/h6-7,12H,5H2,1-4H3,(H,15,16)(H,17,18). The molecule has 0 heterocycles. The van der Waals surface area contributed by atoms with Crippen LogP contribution in [0.1, 0.15) is 34.8 Å². The first-order chi connectivity index (χ1) is 8.90. The summed E-state index contributed by atoms with van der Waals surface area (Å²) in [6, 6.07) is 3.22. The average molecular weight is 265 g/mol. The minimum atomic E-state index is -1.01. The highest BCUT2D eigenvalue weighted by atomic mass is 16.5. The number of carboxylic acids is 1. The minimum absolute atomic E-state index is 0.186. The molecular formula is C14H19NO4. The second kappa shape index (κ2) is 6.33. The summed E-state index contributed by atoms with van der Waals surface area (Å²) in [5, 5.41) is 11.8. The van der Waals surface area contributed by atoms with E-state index >= 15 is 0 Å². The van der Waals surface area contributed by atoms with Gasteiger partial charge in [0.1, 0.15) is 6.10 Å². The van der Waals surface area contributed by atoms with E-state index in [0.29, 0.717) is 17.7 Å². The number of hydrogen-bond donors (Lipinski definition) is 2. The van der Waals surface area contributed by atoms with Crippen molar-refractivity contribution in [1.82, 2.24) is 0 Å². The summed E-state index contributed by atoms with van der Waals surface area (Å²) in [5.41, 5.74) is 2.18. The van der Waals surface area contributed by atoms with Gasteiger partial charge in [-0.15, -0.1) is 0 Å². The maximum atomic E-state index is 11.9. The van der Waals surface area contributed by atoms with Gasteiger partial charge in [0.05, 0.1) is 5.56 Å². The van der Waals surface area contributed by atoms with Crippen molar-refractivity contribution >= 4 is 17.6 Å². The van der Waals surface area contributed by atoms with E-state index in [1.807, 2.05) is 13.8 Å². The SMILES string of the molecule is CCC(OC)C(=O)Nc1cc(C(=O)O)c(C)cc1C. The monoisotopic (exact) mass is 265 g/mol. The fourth-order valence-corrected chi connectivity index (χ4v) is 1.89. The van der Waals surface area contributed by atoms with E-state index in [1.165, 1.54) is 13.2 Å². The van der Waals surface area contributed by atoms with Crippen LogP contribution in [0.2, 0.25) is 0 Å². The number of nitrogens with one attached hydrogen (secondary N) is 1. The molecule has 19 heavy (non-hydrogen) atoms. The number of carbonyl (C=O) groups excluding carboxylic acids is 1. The molecule has 0 bridgehead atoms. The molecule has 0 saturated heterocycles. The Morgan fingerprint density at radius 1 is 1.32 bits per heavy atom. The second-order valence-electron chi connectivity index (χ2n) is 4.41. The number of aryl methyl sites for hydroxylation is 2. The lowest BCUT2D eigenvalue weighted by molar-refractivity contribution is -0.125. The third-order valence-electron chi connectivity index (χ3n) is 3.01. The van der Waals surface area contributed by atoms with Crippen molar-refractivity contribution in [2.45, 2.75) is 33.3 Å². The summed E-state index contributed by atoms with van der Waals surface area (Å²) in [6.07, 6.45) is 0.0212. The van der Waals surface area contributed by atoms with Gasteiger partial charge in [-0.2, -0.15) is 0 Å². The van der Waals surface area contributed by atoms with E-state index in [9.17, 15) is 9.59 Å². The molecule has 1 amide bonds. The predicted octanol–water partition coefficient (Wildman–Crippen LogP) is 2.37. The lowest BCUT2D eigenvalue weighted by Gasteiger charge is -2.15. The van der Waals surface area contributed by atoms with Gasteiger partial charge in [0.15, 0.2) is 0 Å². The maximum Gasteiger partial charge on any atom is 0.336 e. The summed E-state index contributed by atoms with van der Waals surface area (Å²) >= 11 is 0. The minimum Gasteiger partial charge on any atom is -0.478 e. The molecule has 104 valence electrons. The Morgan fingerprint density at radius 2 is 1.95 bits per heavy atom. The summed E-state index contributed by atoms with van der Waals surface area (Å²) in [5.74, 6) is -1.28. The van der Waals surface area contributed by atoms with Crippen LogP contribution >= 0.6 is 0 Å². The number of amides is 1. The molecule has 0 fully saturated rings. The lowest BCUT2D eigenvalue weighted by atomic mass is 10.0. The number of benzene rings is 1. The van der Waals surface area contributed by atoms with Gasteiger partial charge >= 0.3 is 5.97 Å². The predicted molar refractivity (Wildman–Crippen MR) is 72.6 cm³/mol. The van der Waals surface area contributed by atoms with E-state index in [-0.39, 0.29) is 11.5 Å². The van der Waals surface area contributed by atoms with E-state index in [4.69, 9.17) is 9.84 Å². The van der Waals surface area contributed by atoms with Crippen LogP contribution in [0.4, 0.5) is 5.69 Å². The van der Waals surface area contributed by atoms with Crippen LogP contribution < -0.4 is 5.32 Å². The third-order valence-corrected chi connectivity index (χ3v) is 3.01. The molecular weight excluding hydrogens is 246 g/mol. The number of ether oxygens (including phenoxy) is 1. The summed E-state index contributed by atoms with van der Waals surface area (Å²) in [7, 11) is 1.47. The molecule has 0 spiro atoms. The Morgan fingerprint density at radius 3 is 2.42 bits per heavy atom. The van der Waals surface area contributed by atoms with Crippen LogP contribution in [0.25, 0.3) is 0 Å². The second-order valence-corrected chi connectivity index (χ2v) is 4.41. The van der Waals surface area contributed by atoms with Crippen LogP contribution in [0.15, 0.2) is 12.1 Å². The highest BCUT2D eigenvalue weighted by Gasteiger charge is 2.17. The molecule has 1 rings (SSSR count). The molecule has 2 N–H and O–H groups in total. The van der Waals surface area contributed by atoms with Crippen LogP contribution in [0, 0.1) is 13.8 Å². The van der Waals surface area contributed by atoms with Gasteiger partial charge in [-0.1, -0.05) is 13.0 Å². The van der Waals surface area contributed by atoms with Crippen molar-refractivity contribution in [2.24, 2.45) is 0 Å². The molecule has 0 saturated carbocycles. The highest BCUT2D eigenvalue weighted by molar-refractivity contribution is 5.97. The van der Waals surface area contributed by atoms with Gasteiger partial charge < -0.3 is 15.2 Å². The van der Waals surface area contributed by atoms with Gasteiger partial charge in [0, 0.05) is 12.8 Å². The van der Waals surface area contributed by atoms with E-state index in [2.05, 4.69) is 5.32 Å². The van der Waals surface area contributed by atoms with Crippen molar-refractivity contribution in [3.8, 4) is 0 Å². The molecule has 0 aliphatic rings. The van der Waals surface area contributed by atoms with E-state index in [1.54, 1.807) is 13.0 Å². The van der Waals surface area contributed by atoms with Crippen LogP contribution in [-0.4, -0.2) is 30.2 Å². The van der Waals surface area contributed by atoms with Crippen molar-refractivity contribution < 1.29 is 19.4 Å². The molecule has 0 aromatic heterocycles. The number of rotatable bonds is 5. The highest BCUT2D eigenvalue weighted by Crippen LogP contribution is 2.21. The van der Waals surface area contributed by atoms with Gasteiger partial charge in [-0.05, 0) is 37.5 Å².